The molecule has 0 spiro atoms. The van der Waals surface area contributed by atoms with E-state index >= 15 is 0 Å². The van der Waals surface area contributed by atoms with Crippen LogP contribution in [0.1, 0.15) is 83.3 Å². The smallest absolute Gasteiger partial charge is 0.372 e. The zero-order valence-electron chi connectivity index (χ0n) is 18.4. The van der Waals surface area contributed by atoms with Crippen LogP contribution in [0.5, 0.6) is 11.5 Å². The Balaban J connectivity index is 2.45. The summed E-state index contributed by atoms with van der Waals surface area (Å²) >= 11 is 1.19. The van der Waals surface area contributed by atoms with Crippen molar-refractivity contribution in [2.75, 3.05) is 5.75 Å². The first kappa shape index (κ1) is 23.6. The van der Waals surface area contributed by atoms with Crippen molar-refractivity contribution >= 4 is 17.1 Å². The van der Waals surface area contributed by atoms with E-state index < -0.39 is 0 Å². The minimum atomic E-state index is -0.304. The van der Waals surface area contributed by atoms with Crippen LogP contribution in [-0.2, 0) is 6.42 Å². The first-order chi connectivity index (χ1) is 13.9. The number of aryl methyl sites for hydroxylation is 1. The van der Waals surface area contributed by atoms with Crippen LogP contribution in [0.2, 0.25) is 0 Å². The second-order valence-electron chi connectivity index (χ2n) is 8.21. The van der Waals surface area contributed by atoms with Gasteiger partial charge < -0.3 is 9.84 Å². The molecule has 0 heterocycles. The number of hydrogen-bond donors (Lipinski definition) is 1. The van der Waals surface area contributed by atoms with Gasteiger partial charge in [0.2, 0.25) is 0 Å². The van der Waals surface area contributed by atoms with Crippen LogP contribution in [0.25, 0.3) is 0 Å². The van der Waals surface area contributed by atoms with Crippen LogP contribution in [0.4, 0.5) is 4.79 Å². The lowest BCUT2D eigenvalue weighted by molar-refractivity contribution is 0.226. The van der Waals surface area contributed by atoms with E-state index in [1.807, 2.05) is 26.0 Å². The Labute approximate surface area is 180 Å². The topological polar surface area (TPSA) is 46.5 Å². The lowest BCUT2D eigenvalue weighted by Gasteiger charge is -2.32. The van der Waals surface area contributed by atoms with E-state index in [-0.39, 0.29) is 22.9 Å². The summed E-state index contributed by atoms with van der Waals surface area (Å²) in [6.45, 7) is 12.6. The van der Waals surface area contributed by atoms with E-state index in [1.165, 1.54) is 17.3 Å². The van der Waals surface area contributed by atoms with Gasteiger partial charge in [-0.05, 0) is 81.3 Å². The Morgan fingerprint density at radius 2 is 2.03 bits per heavy atom. The Morgan fingerprint density at radius 3 is 2.69 bits per heavy atom. The van der Waals surface area contributed by atoms with Gasteiger partial charge in [0.25, 0.3) is 0 Å². The number of benzene rings is 1. The molecule has 0 saturated heterocycles. The fourth-order valence-corrected chi connectivity index (χ4v) is 4.54. The molecule has 0 fully saturated rings. The molecule has 0 aromatic heterocycles. The van der Waals surface area contributed by atoms with Gasteiger partial charge in [-0.2, -0.15) is 0 Å². The minimum absolute atomic E-state index is 0.0232. The Bertz CT molecular complexity index is 751. The fraction of sp³-hybridized carbons (Fsp3) is 0.560. The maximum absolute atomic E-state index is 12.4. The maximum atomic E-state index is 12.4. The molecule has 29 heavy (non-hydrogen) atoms. The van der Waals surface area contributed by atoms with Crippen LogP contribution in [0.15, 0.2) is 35.9 Å². The molecule has 0 saturated carbocycles. The second-order valence-corrected chi connectivity index (χ2v) is 9.24. The van der Waals surface area contributed by atoms with Gasteiger partial charge in [0.1, 0.15) is 11.5 Å². The molecule has 1 aliphatic carbocycles. The molecule has 0 amide bonds. The van der Waals surface area contributed by atoms with Gasteiger partial charge in [0.05, 0.1) is 0 Å². The molecule has 0 radical (unpaired) electrons. The van der Waals surface area contributed by atoms with E-state index in [9.17, 15) is 9.90 Å². The quantitative estimate of drug-likeness (QED) is 0.253. The number of phenols is 1. The number of hydrogen-bond acceptors (Lipinski definition) is 4. The highest BCUT2D eigenvalue weighted by Gasteiger charge is 2.31. The van der Waals surface area contributed by atoms with Crippen LogP contribution in [0, 0.1) is 5.92 Å². The molecule has 0 bridgehead atoms. The average molecular weight is 417 g/mol. The molecular weight excluding hydrogens is 380 g/mol. The molecule has 160 valence electrons. The summed E-state index contributed by atoms with van der Waals surface area (Å²) in [6.07, 6.45) is 9.38. The van der Waals surface area contributed by atoms with Gasteiger partial charge in [0.15, 0.2) is 0 Å². The standard InChI is InChI=1S/C25H36O3S/c1-6-8-9-10-19-15-22(26)24(23(16-19)28-25(27)29-13-7-2)21-14-18(5)11-12-20(21)17(3)4/h14-16,20-21,26H,3,6-13H2,1-2,4-5H3/t20-,21+/m0/s1. The Hall–Kier alpha value is -1.68. The molecule has 2 rings (SSSR count). The number of allylic oxidation sites excluding steroid dienone is 3. The summed E-state index contributed by atoms with van der Waals surface area (Å²) in [6, 6.07) is 3.82. The number of unbranched alkanes of at least 4 members (excludes halogenated alkanes) is 2. The third-order valence-electron chi connectivity index (χ3n) is 5.58. The predicted octanol–water partition coefficient (Wildman–Crippen LogP) is 7.78. The van der Waals surface area contributed by atoms with E-state index in [0.29, 0.717) is 5.75 Å². The molecule has 1 N–H and O–H groups in total. The van der Waals surface area contributed by atoms with Gasteiger partial charge in [-0.3, -0.25) is 0 Å². The molecule has 0 unspecified atom stereocenters. The Morgan fingerprint density at radius 1 is 1.28 bits per heavy atom. The van der Waals surface area contributed by atoms with Crippen LogP contribution >= 0.6 is 11.8 Å². The normalized spacial score (nSPS) is 19.0. The highest BCUT2D eigenvalue weighted by Crippen LogP contribution is 2.47. The SMILES string of the molecule is C=C(C)[C@@H]1CCC(C)=C[C@H]1c1c(O)cc(CCCCC)cc1OC(=O)SCCC. The largest absolute Gasteiger partial charge is 0.507 e. The zero-order valence-corrected chi connectivity index (χ0v) is 19.2. The minimum Gasteiger partial charge on any atom is -0.507 e. The summed E-state index contributed by atoms with van der Waals surface area (Å²) in [5, 5.41) is 10.7. The van der Waals surface area contributed by atoms with E-state index in [4.69, 9.17) is 4.74 Å². The summed E-state index contributed by atoms with van der Waals surface area (Å²) in [5.41, 5.74) is 4.15. The van der Waals surface area contributed by atoms with Crippen molar-refractivity contribution < 1.29 is 14.6 Å². The number of carbonyl (C=O) groups is 1. The van der Waals surface area contributed by atoms with E-state index in [0.717, 1.165) is 67.4 Å². The zero-order chi connectivity index (χ0) is 21.4. The molecule has 1 aromatic carbocycles. The number of ether oxygens (including phenoxy) is 1. The van der Waals surface area contributed by atoms with Crippen molar-refractivity contribution in [3.8, 4) is 11.5 Å². The van der Waals surface area contributed by atoms with Crippen molar-refractivity contribution in [2.45, 2.75) is 78.6 Å². The third kappa shape index (κ3) is 6.67. The highest BCUT2D eigenvalue weighted by atomic mass is 32.2. The molecular formula is C25H36O3S. The number of phenolic OH excluding ortho intramolecular Hbond substituents is 1. The fourth-order valence-electron chi connectivity index (χ4n) is 4.02. The Kier molecular flexibility index (Phi) is 9.35. The average Bonchev–Trinajstić information content (AvgIpc) is 2.66. The van der Waals surface area contributed by atoms with E-state index in [2.05, 4.69) is 26.5 Å². The van der Waals surface area contributed by atoms with Gasteiger partial charge in [-0.15, -0.1) is 0 Å². The van der Waals surface area contributed by atoms with Gasteiger partial charge in [-0.1, -0.05) is 50.5 Å². The molecule has 1 aliphatic rings. The van der Waals surface area contributed by atoms with Crippen molar-refractivity contribution in [3.63, 3.8) is 0 Å². The molecule has 3 nitrogen and oxygen atoms in total. The van der Waals surface area contributed by atoms with Gasteiger partial charge in [-0.25, -0.2) is 4.79 Å². The summed E-state index contributed by atoms with van der Waals surface area (Å²) < 4.78 is 5.80. The van der Waals surface area contributed by atoms with Crippen LogP contribution in [-0.4, -0.2) is 16.2 Å². The second kappa shape index (κ2) is 11.5. The van der Waals surface area contributed by atoms with Gasteiger partial charge in [0, 0.05) is 17.2 Å². The molecule has 2 atom stereocenters. The summed E-state index contributed by atoms with van der Waals surface area (Å²) in [7, 11) is 0. The summed E-state index contributed by atoms with van der Waals surface area (Å²) in [4.78, 5) is 12.4. The number of thioether (sulfide) groups is 1. The number of aromatic hydroxyl groups is 1. The molecule has 0 aliphatic heterocycles. The maximum Gasteiger partial charge on any atom is 0.372 e. The predicted molar refractivity (Wildman–Crippen MR) is 124 cm³/mol. The van der Waals surface area contributed by atoms with Crippen molar-refractivity contribution in [2.24, 2.45) is 5.92 Å². The highest BCUT2D eigenvalue weighted by molar-refractivity contribution is 8.13. The van der Waals surface area contributed by atoms with Crippen molar-refractivity contribution in [3.05, 3.63) is 47.1 Å². The van der Waals surface area contributed by atoms with Crippen LogP contribution < -0.4 is 4.74 Å². The third-order valence-corrected chi connectivity index (χ3v) is 6.51. The molecule has 1 aromatic rings. The molecule has 4 heteroatoms. The summed E-state index contributed by atoms with van der Waals surface area (Å²) in [5.74, 6) is 1.67. The first-order valence-corrected chi connectivity index (χ1v) is 11.9. The van der Waals surface area contributed by atoms with Crippen LogP contribution in [0.3, 0.4) is 0 Å². The van der Waals surface area contributed by atoms with Crippen molar-refractivity contribution in [1.82, 2.24) is 0 Å². The van der Waals surface area contributed by atoms with Gasteiger partial charge >= 0.3 is 5.30 Å². The van der Waals surface area contributed by atoms with E-state index in [1.54, 1.807) is 0 Å². The number of carbonyl (C=O) groups excluding carboxylic acids is 1. The first-order valence-electron chi connectivity index (χ1n) is 10.9. The number of rotatable bonds is 9. The monoisotopic (exact) mass is 416 g/mol. The lowest BCUT2D eigenvalue weighted by atomic mass is 9.73. The van der Waals surface area contributed by atoms with Crippen molar-refractivity contribution in [1.29, 1.82) is 0 Å². The lowest BCUT2D eigenvalue weighted by Crippen LogP contribution is -2.18.